The summed E-state index contributed by atoms with van der Waals surface area (Å²) in [6.45, 7) is 4.04. The Bertz CT molecular complexity index is 872. The van der Waals surface area contributed by atoms with E-state index in [1.807, 2.05) is 31.2 Å². The molecule has 2 aliphatic carbocycles. The van der Waals surface area contributed by atoms with E-state index in [4.69, 9.17) is 5.84 Å². The molecule has 2 aliphatic rings. The molecule has 0 saturated heterocycles. The van der Waals surface area contributed by atoms with Crippen molar-refractivity contribution in [3.63, 3.8) is 0 Å². The molecule has 0 aliphatic heterocycles. The van der Waals surface area contributed by atoms with Gasteiger partial charge in [-0.05, 0) is 63.0 Å². The van der Waals surface area contributed by atoms with E-state index >= 15 is 0 Å². The molecule has 5 atom stereocenters. The highest BCUT2D eigenvalue weighted by Gasteiger charge is 2.42. The van der Waals surface area contributed by atoms with E-state index in [1.54, 1.807) is 0 Å². The molecule has 2 aromatic rings. The van der Waals surface area contributed by atoms with Crippen molar-refractivity contribution >= 4 is 33.6 Å². The summed E-state index contributed by atoms with van der Waals surface area (Å²) in [6.07, 6.45) is 5.32. The van der Waals surface area contributed by atoms with Gasteiger partial charge in [0.1, 0.15) is 0 Å². The van der Waals surface area contributed by atoms with Gasteiger partial charge in [0.2, 0.25) is 11.1 Å². The summed E-state index contributed by atoms with van der Waals surface area (Å²) in [5.74, 6) is 9.11. The summed E-state index contributed by atoms with van der Waals surface area (Å²) in [4.78, 5) is 12.7. The van der Waals surface area contributed by atoms with Crippen molar-refractivity contribution in [1.82, 2.24) is 20.2 Å². The lowest BCUT2D eigenvalue weighted by Gasteiger charge is -2.29. The molecule has 1 aromatic heterocycles. The van der Waals surface area contributed by atoms with E-state index in [0.717, 1.165) is 21.9 Å². The van der Waals surface area contributed by atoms with E-state index < -0.39 is 0 Å². The molecule has 0 radical (unpaired) electrons. The van der Waals surface area contributed by atoms with Gasteiger partial charge in [-0.1, -0.05) is 46.2 Å². The normalized spacial score (nSPS) is 25.6. The van der Waals surface area contributed by atoms with Gasteiger partial charge in [-0.25, -0.2) is 4.68 Å². The summed E-state index contributed by atoms with van der Waals surface area (Å²) in [7, 11) is 0. The maximum absolute atomic E-state index is 12.7. The quantitative estimate of drug-likeness (QED) is 0.501. The second-order valence-corrected chi connectivity index (χ2v) is 10.2. The molecular weight excluding hydrogens is 438 g/mol. The number of nitrogen functional groups attached to an aromatic ring is 1. The van der Waals surface area contributed by atoms with Crippen molar-refractivity contribution in [2.75, 3.05) is 5.84 Å². The number of rotatable bonds is 6. The average molecular weight is 464 g/mol. The minimum absolute atomic E-state index is 0.0331. The van der Waals surface area contributed by atoms with Crippen LogP contribution in [-0.4, -0.2) is 32.1 Å². The SMILES string of the molecule is CC(Sc1nnc(-c2ccccc2Br)n1N)C(=O)NC(C)C1CC2CCC1C2. The molecule has 0 spiro atoms. The highest BCUT2D eigenvalue weighted by Crippen LogP contribution is 2.49. The largest absolute Gasteiger partial charge is 0.352 e. The Morgan fingerprint density at radius 2 is 2.07 bits per heavy atom. The smallest absolute Gasteiger partial charge is 0.233 e. The number of amides is 1. The molecule has 5 unspecified atom stereocenters. The molecule has 1 heterocycles. The Kier molecular flexibility index (Phi) is 5.69. The minimum atomic E-state index is -0.292. The standard InChI is InChI=1S/C20H26BrN5OS/c1-11(16-10-13-7-8-14(16)9-13)23-19(27)12(2)28-20-25-24-18(26(20)22)15-5-3-4-6-17(15)21/h3-6,11-14,16H,7-10,22H2,1-2H3,(H,23,27). The van der Waals surface area contributed by atoms with Crippen LogP contribution in [0.2, 0.25) is 0 Å². The number of thioether (sulfide) groups is 1. The van der Waals surface area contributed by atoms with Gasteiger partial charge < -0.3 is 11.2 Å². The molecule has 1 amide bonds. The predicted octanol–water partition coefficient (Wildman–Crippen LogP) is 3.84. The fourth-order valence-electron chi connectivity index (χ4n) is 4.75. The number of benzene rings is 1. The van der Waals surface area contributed by atoms with Crippen LogP contribution in [0.25, 0.3) is 11.4 Å². The van der Waals surface area contributed by atoms with Crippen LogP contribution in [0.3, 0.4) is 0 Å². The number of carbonyl (C=O) groups is 1. The monoisotopic (exact) mass is 463 g/mol. The Hall–Kier alpha value is -1.54. The topological polar surface area (TPSA) is 85.8 Å². The molecule has 2 saturated carbocycles. The molecule has 28 heavy (non-hydrogen) atoms. The summed E-state index contributed by atoms with van der Waals surface area (Å²) >= 11 is 4.85. The Labute approximate surface area is 178 Å². The first-order valence-electron chi connectivity index (χ1n) is 9.86. The Balaban J connectivity index is 1.39. The Morgan fingerprint density at radius 1 is 1.29 bits per heavy atom. The van der Waals surface area contributed by atoms with Gasteiger partial charge in [0.25, 0.3) is 0 Å². The number of aromatic nitrogens is 3. The van der Waals surface area contributed by atoms with Gasteiger partial charge in [0.05, 0.1) is 5.25 Å². The number of nitrogens with one attached hydrogen (secondary N) is 1. The van der Waals surface area contributed by atoms with Crippen LogP contribution in [0.15, 0.2) is 33.9 Å². The lowest BCUT2D eigenvalue weighted by molar-refractivity contribution is -0.121. The molecule has 3 N–H and O–H groups in total. The summed E-state index contributed by atoms with van der Waals surface area (Å²) in [5, 5.41) is 11.9. The third-order valence-electron chi connectivity index (χ3n) is 6.24. The van der Waals surface area contributed by atoms with Gasteiger partial charge in [0, 0.05) is 16.1 Å². The molecule has 4 rings (SSSR count). The first-order valence-corrected chi connectivity index (χ1v) is 11.5. The first kappa shape index (κ1) is 19.8. The van der Waals surface area contributed by atoms with E-state index in [2.05, 4.69) is 38.4 Å². The number of hydrogen-bond acceptors (Lipinski definition) is 5. The van der Waals surface area contributed by atoms with Crippen LogP contribution in [0.1, 0.15) is 39.5 Å². The zero-order valence-corrected chi connectivity index (χ0v) is 18.5. The molecule has 6 nitrogen and oxygen atoms in total. The van der Waals surface area contributed by atoms with E-state index in [9.17, 15) is 4.79 Å². The van der Waals surface area contributed by atoms with E-state index in [-0.39, 0.29) is 17.2 Å². The molecule has 2 bridgehead atoms. The maximum atomic E-state index is 12.7. The maximum Gasteiger partial charge on any atom is 0.233 e. The molecular formula is C20H26BrN5OS. The van der Waals surface area contributed by atoms with Crippen LogP contribution in [0, 0.1) is 17.8 Å². The van der Waals surface area contributed by atoms with Gasteiger partial charge >= 0.3 is 0 Å². The fourth-order valence-corrected chi connectivity index (χ4v) is 5.99. The molecule has 1 aromatic carbocycles. The van der Waals surface area contributed by atoms with Gasteiger partial charge in [-0.2, -0.15) is 0 Å². The molecule has 150 valence electrons. The number of nitrogens with two attached hydrogens (primary N) is 1. The molecule has 2 fully saturated rings. The van der Waals surface area contributed by atoms with E-state index in [1.165, 1.54) is 42.1 Å². The number of hydrogen-bond donors (Lipinski definition) is 2. The fraction of sp³-hybridized carbons (Fsp3) is 0.550. The van der Waals surface area contributed by atoms with Crippen molar-refractivity contribution in [2.45, 2.75) is 56.0 Å². The third-order valence-corrected chi connectivity index (χ3v) is 7.98. The van der Waals surface area contributed by atoms with Crippen molar-refractivity contribution in [2.24, 2.45) is 17.8 Å². The zero-order chi connectivity index (χ0) is 19.8. The lowest BCUT2D eigenvalue weighted by atomic mass is 9.84. The number of nitrogens with zero attached hydrogens (tertiary/aromatic N) is 3. The predicted molar refractivity (Wildman–Crippen MR) is 115 cm³/mol. The number of carbonyl (C=O) groups excluding carboxylic acids is 1. The highest BCUT2D eigenvalue weighted by molar-refractivity contribution is 9.10. The summed E-state index contributed by atoms with van der Waals surface area (Å²) in [6, 6.07) is 7.94. The van der Waals surface area contributed by atoms with Gasteiger partial charge in [0.15, 0.2) is 5.82 Å². The minimum Gasteiger partial charge on any atom is -0.352 e. The summed E-state index contributed by atoms with van der Waals surface area (Å²) < 4.78 is 2.35. The van der Waals surface area contributed by atoms with Crippen molar-refractivity contribution in [1.29, 1.82) is 0 Å². The van der Waals surface area contributed by atoms with Crippen LogP contribution < -0.4 is 11.2 Å². The summed E-state index contributed by atoms with van der Waals surface area (Å²) in [5.41, 5.74) is 0.867. The molecule has 8 heteroatoms. The Morgan fingerprint density at radius 3 is 2.75 bits per heavy atom. The lowest BCUT2D eigenvalue weighted by Crippen LogP contribution is -2.43. The van der Waals surface area contributed by atoms with Crippen LogP contribution in [0.4, 0.5) is 0 Å². The van der Waals surface area contributed by atoms with Gasteiger partial charge in [-0.15, -0.1) is 10.2 Å². The van der Waals surface area contributed by atoms with Crippen LogP contribution in [-0.2, 0) is 4.79 Å². The van der Waals surface area contributed by atoms with E-state index in [0.29, 0.717) is 16.9 Å². The second kappa shape index (κ2) is 8.06. The second-order valence-electron chi connectivity index (χ2n) is 8.05. The average Bonchev–Trinajstić information content (AvgIpc) is 3.39. The number of fused-ring (bicyclic) bond motifs is 2. The van der Waals surface area contributed by atoms with Crippen molar-refractivity contribution in [3.05, 3.63) is 28.7 Å². The first-order chi connectivity index (χ1) is 13.4. The van der Waals surface area contributed by atoms with Crippen LogP contribution in [0.5, 0.6) is 0 Å². The number of halogens is 1. The zero-order valence-electron chi connectivity index (χ0n) is 16.1. The van der Waals surface area contributed by atoms with Crippen LogP contribution >= 0.6 is 27.7 Å². The van der Waals surface area contributed by atoms with Gasteiger partial charge in [-0.3, -0.25) is 4.79 Å². The van der Waals surface area contributed by atoms with Crippen molar-refractivity contribution < 1.29 is 4.79 Å². The highest BCUT2D eigenvalue weighted by atomic mass is 79.9. The third kappa shape index (κ3) is 3.81. The van der Waals surface area contributed by atoms with Crippen molar-refractivity contribution in [3.8, 4) is 11.4 Å².